The van der Waals surface area contributed by atoms with Gasteiger partial charge in [0.15, 0.2) is 0 Å². The van der Waals surface area contributed by atoms with Gasteiger partial charge in [0.05, 0.1) is 30.8 Å². The van der Waals surface area contributed by atoms with Crippen LogP contribution in [-0.4, -0.2) is 60.2 Å². The van der Waals surface area contributed by atoms with Gasteiger partial charge in [-0.3, -0.25) is 9.69 Å². The molecule has 8 nitrogen and oxygen atoms in total. The van der Waals surface area contributed by atoms with Crippen molar-refractivity contribution in [3.63, 3.8) is 0 Å². The third kappa shape index (κ3) is 7.88. The minimum Gasteiger partial charge on any atom is -0.379 e. The molecule has 1 saturated heterocycles. The molecule has 2 N–H and O–H groups in total. The van der Waals surface area contributed by atoms with Gasteiger partial charge in [0.2, 0.25) is 5.95 Å². The lowest BCUT2D eigenvalue weighted by atomic mass is 10.0. The number of hydrogen-bond donors (Lipinski definition) is 2. The van der Waals surface area contributed by atoms with Gasteiger partial charge in [-0.05, 0) is 55.8 Å². The number of hydrogen-bond acceptors (Lipinski definition) is 7. The summed E-state index contributed by atoms with van der Waals surface area (Å²) in [6.45, 7) is 7.27. The van der Waals surface area contributed by atoms with E-state index in [-0.39, 0.29) is 11.8 Å². The van der Waals surface area contributed by atoms with Crippen LogP contribution in [0.5, 0.6) is 0 Å². The smallest absolute Gasteiger partial charge is 0.255 e. The fraction of sp³-hybridized carbons (Fsp3) is 0.310. The van der Waals surface area contributed by atoms with E-state index in [0.29, 0.717) is 22.8 Å². The van der Waals surface area contributed by atoms with Crippen LogP contribution in [-0.2, 0) is 4.74 Å². The van der Waals surface area contributed by atoms with Crippen molar-refractivity contribution in [3.05, 3.63) is 83.2 Å². The molecule has 8 heteroatoms. The average Bonchev–Trinajstić information content (AvgIpc) is 2.95. The van der Waals surface area contributed by atoms with Gasteiger partial charge >= 0.3 is 0 Å². The maximum Gasteiger partial charge on any atom is 0.255 e. The molecular weight excluding hydrogens is 464 g/mol. The third-order valence-corrected chi connectivity index (χ3v) is 6.00. The van der Waals surface area contributed by atoms with E-state index < -0.39 is 0 Å². The predicted octanol–water partition coefficient (Wildman–Crippen LogP) is 3.89. The summed E-state index contributed by atoms with van der Waals surface area (Å²) in [5.41, 5.74) is 3.42. The molecule has 0 radical (unpaired) electrons. The predicted molar refractivity (Wildman–Crippen MR) is 143 cm³/mol. The first-order chi connectivity index (χ1) is 18.1. The molecule has 1 fully saturated rings. The summed E-state index contributed by atoms with van der Waals surface area (Å²) in [6, 6.07) is 16.7. The molecule has 2 aromatic carbocycles. The van der Waals surface area contributed by atoms with Gasteiger partial charge in [-0.15, -0.1) is 0 Å². The van der Waals surface area contributed by atoms with Gasteiger partial charge in [-0.1, -0.05) is 30.0 Å². The Bertz CT molecular complexity index is 1300. The number of morpholine rings is 1. The quantitative estimate of drug-likeness (QED) is 0.362. The summed E-state index contributed by atoms with van der Waals surface area (Å²) in [6.07, 6.45) is 4.42. The maximum atomic E-state index is 12.7. The number of ether oxygens (including phenoxy) is 1. The monoisotopic (exact) mass is 494 g/mol. The van der Waals surface area contributed by atoms with Crippen molar-refractivity contribution in [1.29, 1.82) is 5.26 Å². The second-order valence-corrected chi connectivity index (χ2v) is 8.79. The minimum absolute atomic E-state index is 0.237. The Morgan fingerprint density at radius 1 is 1.08 bits per heavy atom. The highest BCUT2D eigenvalue weighted by Crippen LogP contribution is 2.17. The van der Waals surface area contributed by atoms with Crippen molar-refractivity contribution in [1.82, 2.24) is 14.9 Å². The molecule has 4 rings (SSSR count). The fourth-order valence-electron chi connectivity index (χ4n) is 3.86. The molecular formula is C29H30N6O2. The van der Waals surface area contributed by atoms with E-state index in [1.54, 1.807) is 30.6 Å². The average molecular weight is 495 g/mol. The van der Waals surface area contributed by atoms with E-state index in [1.807, 2.05) is 37.3 Å². The second-order valence-electron chi connectivity index (χ2n) is 8.79. The highest BCUT2D eigenvalue weighted by Gasteiger charge is 2.11. The Hall–Kier alpha value is -4.24. The topological polar surface area (TPSA) is 103 Å². The van der Waals surface area contributed by atoms with Gasteiger partial charge in [0, 0.05) is 48.8 Å². The Balaban J connectivity index is 1.29. The zero-order valence-electron chi connectivity index (χ0n) is 20.9. The molecule has 0 saturated carbocycles. The van der Waals surface area contributed by atoms with E-state index in [4.69, 9.17) is 10.00 Å². The van der Waals surface area contributed by atoms with Crippen LogP contribution in [0.1, 0.15) is 46.3 Å². The van der Waals surface area contributed by atoms with Crippen molar-refractivity contribution >= 4 is 17.5 Å². The van der Waals surface area contributed by atoms with E-state index in [2.05, 4.69) is 43.4 Å². The molecule has 188 valence electrons. The maximum absolute atomic E-state index is 12.7. The van der Waals surface area contributed by atoms with Crippen LogP contribution in [0.2, 0.25) is 0 Å². The summed E-state index contributed by atoms with van der Waals surface area (Å²) in [5.74, 6) is 6.25. The number of anilines is 2. The Kier molecular flexibility index (Phi) is 9.20. The zero-order valence-corrected chi connectivity index (χ0v) is 20.9. The lowest BCUT2D eigenvalue weighted by Crippen LogP contribution is -2.37. The first-order valence-electron chi connectivity index (χ1n) is 12.4. The SMILES string of the molecule is CC(C#N)c1cccc(C(=O)Nc2cccc(C#Cc3cnc(NCCCN4CCOCC4)nc3)c2)c1. The molecule has 0 bridgehead atoms. The molecule has 1 atom stereocenters. The lowest BCUT2D eigenvalue weighted by Gasteiger charge is -2.26. The standard InChI is InChI=1S/C29H30N6O2/c1-22(19-30)25-6-3-7-26(18-25)28(36)34-27-8-2-5-23(17-27)9-10-24-20-32-29(33-21-24)31-11-4-12-35-13-15-37-16-14-35/h2-3,5-8,17-18,20-22H,4,11-16H2,1H3,(H,34,36)(H,31,32,33). The third-order valence-electron chi connectivity index (χ3n) is 6.00. The zero-order chi connectivity index (χ0) is 25.9. The first kappa shape index (κ1) is 25.8. The molecule has 2 heterocycles. The Labute approximate surface area is 217 Å². The van der Waals surface area contributed by atoms with Crippen LogP contribution >= 0.6 is 0 Å². The van der Waals surface area contributed by atoms with Gasteiger partial charge in [-0.25, -0.2) is 9.97 Å². The summed E-state index contributed by atoms with van der Waals surface area (Å²) in [7, 11) is 0. The van der Waals surface area contributed by atoms with Gasteiger partial charge < -0.3 is 15.4 Å². The van der Waals surface area contributed by atoms with Gasteiger partial charge in [0.25, 0.3) is 5.91 Å². The van der Waals surface area contributed by atoms with Crippen LogP contribution < -0.4 is 10.6 Å². The van der Waals surface area contributed by atoms with Crippen LogP contribution in [0.3, 0.4) is 0 Å². The summed E-state index contributed by atoms with van der Waals surface area (Å²) in [4.78, 5) is 23.8. The molecule has 1 aliphatic rings. The molecule has 1 unspecified atom stereocenters. The van der Waals surface area contributed by atoms with Crippen molar-refractivity contribution < 1.29 is 9.53 Å². The number of carbonyl (C=O) groups excluding carboxylic acids is 1. The highest BCUT2D eigenvalue weighted by atomic mass is 16.5. The van der Waals surface area contributed by atoms with E-state index in [9.17, 15) is 4.79 Å². The van der Waals surface area contributed by atoms with Gasteiger partial charge in [-0.2, -0.15) is 5.26 Å². The van der Waals surface area contributed by atoms with Crippen LogP contribution in [0.4, 0.5) is 11.6 Å². The Morgan fingerprint density at radius 2 is 1.84 bits per heavy atom. The number of nitrogens with one attached hydrogen (secondary N) is 2. The normalized spacial score (nSPS) is 14.1. The number of amides is 1. The van der Waals surface area contributed by atoms with Crippen LogP contribution in [0, 0.1) is 23.2 Å². The second kappa shape index (κ2) is 13.2. The number of nitriles is 1. The van der Waals surface area contributed by atoms with Crippen molar-refractivity contribution in [3.8, 4) is 17.9 Å². The van der Waals surface area contributed by atoms with E-state index in [1.165, 1.54) is 0 Å². The number of carbonyl (C=O) groups is 1. The lowest BCUT2D eigenvalue weighted by molar-refractivity contribution is 0.0378. The van der Waals surface area contributed by atoms with E-state index in [0.717, 1.165) is 56.9 Å². The number of nitrogens with zero attached hydrogens (tertiary/aromatic N) is 4. The molecule has 1 aliphatic heterocycles. The Morgan fingerprint density at radius 3 is 2.62 bits per heavy atom. The minimum atomic E-state index is -0.277. The van der Waals surface area contributed by atoms with Crippen LogP contribution in [0.25, 0.3) is 0 Å². The fourth-order valence-corrected chi connectivity index (χ4v) is 3.86. The molecule has 0 spiro atoms. The van der Waals surface area contributed by atoms with Crippen molar-refractivity contribution in [2.45, 2.75) is 19.3 Å². The summed E-state index contributed by atoms with van der Waals surface area (Å²) >= 11 is 0. The van der Waals surface area contributed by atoms with Crippen molar-refractivity contribution in [2.75, 3.05) is 50.0 Å². The molecule has 3 aromatic rings. The van der Waals surface area contributed by atoms with E-state index >= 15 is 0 Å². The summed E-state index contributed by atoms with van der Waals surface area (Å²) < 4.78 is 5.37. The van der Waals surface area contributed by atoms with Crippen LogP contribution in [0.15, 0.2) is 60.9 Å². The molecule has 0 aliphatic carbocycles. The molecule has 37 heavy (non-hydrogen) atoms. The molecule has 1 amide bonds. The highest BCUT2D eigenvalue weighted by molar-refractivity contribution is 6.04. The number of aromatic nitrogens is 2. The summed E-state index contributed by atoms with van der Waals surface area (Å²) in [5, 5.41) is 15.3. The largest absolute Gasteiger partial charge is 0.379 e. The van der Waals surface area contributed by atoms with Crippen molar-refractivity contribution in [2.24, 2.45) is 0 Å². The number of benzene rings is 2. The first-order valence-corrected chi connectivity index (χ1v) is 12.4. The van der Waals surface area contributed by atoms with Gasteiger partial charge in [0.1, 0.15) is 0 Å². The molecule has 1 aromatic heterocycles. The number of rotatable bonds is 8.